The number of hydrogen-bond acceptors (Lipinski definition) is 4. The van der Waals surface area contributed by atoms with E-state index in [1.54, 1.807) is 17.2 Å². The number of alkyl halides is 3. The Bertz CT molecular complexity index is 1060. The minimum atomic E-state index is -4.78. The Morgan fingerprint density at radius 3 is 2.76 bits per heavy atom. The topological polar surface area (TPSA) is 67.5 Å². The number of amides is 1. The van der Waals surface area contributed by atoms with Crippen molar-refractivity contribution in [2.75, 3.05) is 26.3 Å². The lowest BCUT2D eigenvalue weighted by molar-refractivity contribution is -0.274. The second kappa shape index (κ2) is 7.40. The standard InChI is InChI=1S/C20H18F3N3O3/c1-12-10-24-18-16(12)15(19(27)26-5-7-28-8-6-26)11-25-17(18)13-3-2-4-14(9-13)29-20(21,22)23/h2-4,9-11,24H,5-8H2,1H3. The number of hydrogen-bond donors (Lipinski definition) is 1. The van der Waals surface area contributed by atoms with Crippen molar-refractivity contribution in [3.63, 3.8) is 0 Å². The minimum Gasteiger partial charge on any atom is -0.406 e. The molecule has 2 aromatic heterocycles. The van der Waals surface area contributed by atoms with E-state index in [4.69, 9.17) is 4.74 Å². The van der Waals surface area contributed by atoms with Crippen LogP contribution in [-0.4, -0.2) is 53.4 Å². The Balaban J connectivity index is 1.77. The number of aromatic nitrogens is 2. The van der Waals surface area contributed by atoms with Gasteiger partial charge in [-0.25, -0.2) is 0 Å². The monoisotopic (exact) mass is 405 g/mol. The molecular weight excluding hydrogens is 387 g/mol. The second-order valence-electron chi connectivity index (χ2n) is 6.72. The molecule has 0 unspecified atom stereocenters. The highest BCUT2D eigenvalue weighted by Crippen LogP contribution is 2.33. The Hall–Kier alpha value is -3.07. The van der Waals surface area contributed by atoms with Gasteiger partial charge in [0, 0.05) is 36.4 Å². The number of benzene rings is 1. The number of pyridine rings is 1. The van der Waals surface area contributed by atoms with Crippen LogP contribution in [0.4, 0.5) is 13.2 Å². The maximum atomic E-state index is 13.0. The molecule has 1 N–H and O–H groups in total. The first-order valence-corrected chi connectivity index (χ1v) is 9.03. The van der Waals surface area contributed by atoms with Crippen molar-refractivity contribution < 1.29 is 27.4 Å². The summed E-state index contributed by atoms with van der Waals surface area (Å²) in [6.45, 7) is 3.84. The molecule has 4 rings (SSSR count). The zero-order valence-corrected chi connectivity index (χ0v) is 15.5. The zero-order valence-electron chi connectivity index (χ0n) is 15.5. The average Bonchev–Trinajstić information content (AvgIpc) is 3.08. The summed E-state index contributed by atoms with van der Waals surface area (Å²) in [5, 5.41) is 0.702. The first-order chi connectivity index (χ1) is 13.8. The van der Waals surface area contributed by atoms with Crippen molar-refractivity contribution >= 4 is 16.8 Å². The van der Waals surface area contributed by atoms with Gasteiger partial charge in [0.25, 0.3) is 5.91 Å². The third kappa shape index (κ3) is 3.91. The molecule has 1 aromatic carbocycles. The molecular formula is C20H18F3N3O3. The van der Waals surface area contributed by atoms with Crippen LogP contribution in [0.25, 0.3) is 22.2 Å². The van der Waals surface area contributed by atoms with Crippen molar-refractivity contribution in [3.8, 4) is 17.0 Å². The van der Waals surface area contributed by atoms with E-state index in [1.165, 1.54) is 24.4 Å². The van der Waals surface area contributed by atoms with Crippen molar-refractivity contribution in [3.05, 3.63) is 47.8 Å². The smallest absolute Gasteiger partial charge is 0.406 e. The molecule has 9 heteroatoms. The fourth-order valence-corrected chi connectivity index (χ4v) is 3.47. The SMILES string of the molecule is Cc1c[nH]c2c(-c3cccc(OC(F)(F)F)c3)ncc(C(=O)N3CCOCC3)c12. The van der Waals surface area contributed by atoms with Gasteiger partial charge in [0.05, 0.1) is 30.0 Å². The molecule has 29 heavy (non-hydrogen) atoms. The predicted octanol–water partition coefficient (Wildman–Crippen LogP) is 3.91. The van der Waals surface area contributed by atoms with Crippen LogP contribution in [0.3, 0.4) is 0 Å². The third-order valence-electron chi connectivity index (χ3n) is 4.78. The summed E-state index contributed by atoms with van der Waals surface area (Å²) in [5.74, 6) is -0.476. The van der Waals surface area contributed by atoms with Gasteiger partial charge >= 0.3 is 6.36 Å². The number of morpholine rings is 1. The second-order valence-corrected chi connectivity index (χ2v) is 6.72. The molecule has 1 saturated heterocycles. The van der Waals surface area contributed by atoms with Gasteiger partial charge in [-0.1, -0.05) is 12.1 Å². The Morgan fingerprint density at radius 2 is 2.03 bits per heavy atom. The van der Waals surface area contributed by atoms with Crippen molar-refractivity contribution in [1.29, 1.82) is 0 Å². The van der Waals surface area contributed by atoms with Crippen LogP contribution >= 0.6 is 0 Å². The highest BCUT2D eigenvalue weighted by molar-refractivity contribution is 6.10. The van der Waals surface area contributed by atoms with Crippen molar-refractivity contribution in [1.82, 2.24) is 14.9 Å². The van der Waals surface area contributed by atoms with Crippen molar-refractivity contribution in [2.24, 2.45) is 0 Å². The van der Waals surface area contributed by atoms with Crippen LogP contribution in [0.2, 0.25) is 0 Å². The van der Waals surface area contributed by atoms with E-state index in [1.807, 2.05) is 6.92 Å². The number of halogens is 3. The van der Waals surface area contributed by atoms with Crippen LogP contribution in [0.1, 0.15) is 15.9 Å². The number of aryl methyl sites for hydroxylation is 1. The first-order valence-electron chi connectivity index (χ1n) is 9.03. The molecule has 1 fully saturated rings. The van der Waals surface area contributed by atoms with Crippen LogP contribution in [-0.2, 0) is 4.74 Å². The maximum absolute atomic E-state index is 13.0. The predicted molar refractivity (Wildman–Crippen MR) is 99.7 cm³/mol. The molecule has 6 nitrogen and oxygen atoms in total. The van der Waals surface area contributed by atoms with E-state index in [-0.39, 0.29) is 11.7 Å². The normalized spacial score (nSPS) is 15.0. The van der Waals surface area contributed by atoms with Crippen LogP contribution in [0, 0.1) is 6.92 Å². The molecule has 0 atom stereocenters. The van der Waals surface area contributed by atoms with Gasteiger partial charge in [0.15, 0.2) is 0 Å². The number of H-pyrrole nitrogens is 1. The number of nitrogens with one attached hydrogen (secondary N) is 1. The van der Waals surface area contributed by atoms with Gasteiger partial charge in [0.2, 0.25) is 0 Å². The van der Waals surface area contributed by atoms with E-state index in [0.29, 0.717) is 54.0 Å². The van der Waals surface area contributed by atoms with E-state index < -0.39 is 6.36 Å². The lowest BCUT2D eigenvalue weighted by atomic mass is 10.0. The number of aromatic amines is 1. The fraction of sp³-hybridized carbons (Fsp3) is 0.300. The highest BCUT2D eigenvalue weighted by atomic mass is 19.4. The molecule has 0 spiro atoms. The molecule has 1 amide bonds. The van der Waals surface area contributed by atoms with Crippen molar-refractivity contribution in [2.45, 2.75) is 13.3 Å². The van der Waals surface area contributed by atoms with Gasteiger partial charge in [0.1, 0.15) is 5.75 Å². The van der Waals surface area contributed by atoms with Crippen LogP contribution < -0.4 is 4.74 Å². The van der Waals surface area contributed by atoms with E-state index in [9.17, 15) is 18.0 Å². The molecule has 1 aliphatic rings. The molecule has 0 saturated carbocycles. The number of rotatable bonds is 3. The van der Waals surface area contributed by atoms with Crippen LogP contribution in [0.5, 0.6) is 5.75 Å². The lowest BCUT2D eigenvalue weighted by Crippen LogP contribution is -2.40. The summed E-state index contributed by atoms with van der Waals surface area (Å²) < 4.78 is 47.0. The Kier molecular flexibility index (Phi) is 4.91. The first kappa shape index (κ1) is 19.3. The van der Waals surface area contributed by atoms with E-state index in [2.05, 4.69) is 14.7 Å². The average molecular weight is 405 g/mol. The Morgan fingerprint density at radius 1 is 1.28 bits per heavy atom. The number of nitrogens with zero attached hydrogens (tertiary/aromatic N) is 2. The summed E-state index contributed by atoms with van der Waals surface area (Å²) >= 11 is 0. The summed E-state index contributed by atoms with van der Waals surface area (Å²) in [5.41, 5.74) is 2.78. The molecule has 3 heterocycles. The number of ether oxygens (including phenoxy) is 2. The summed E-state index contributed by atoms with van der Waals surface area (Å²) in [4.78, 5) is 22.2. The maximum Gasteiger partial charge on any atom is 0.573 e. The van der Waals surface area contributed by atoms with Gasteiger partial charge in [-0.05, 0) is 24.6 Å². The summed E-state index contributed by atoms with van der Waals surface area (Å²) in [7, 11) is 0. The zero-order chi connectivity index (χ0) is 20.6. The minimum absolute atomic E-state index is 0.144. The lowest BCUT2D eigenvalue weighted by Gasteiger charge is -2.27. The molecule has 0 radical (unpaired) electrons. The highest BCUT2D eigenvalue weighted by Gasteiger charge is 2.31. The molecule has 1 aliphatic heterocycles. The summed E-state index contributed by atoms with van der Waals surface area (Å²) in [6.07, 6.45) is -1.55. The van der Waals surface area contributed by atoms with E-state index >= 15 is 0 Å². The number of carbonyl (C=O) groups excluding carboxylic acids is 1. The molecule has 0 bridgehead atoms. The molecule has 0 aliphatic carbocycles. The fourth-order valence-electron chi connectivity index (χ4n) is 3.47. The third-order valence-corrected chi connectivity index (χ3v) is 4.78. The van der Waals surface area contributed by atoms with Gasteiger partial charge in [-0.3, -0.25) is 9.78 Å². The van der Waals surface area contributed by atoms with Gasteiger partial charge in [-0.15, -0.1) is 13.2 Å². The summed E-state index contributed by atoms with van der Waals surface area (Å²) in [6, 6.07) is 5.61. The number of carbonyl (C=O) groups is 1. The molecule has 3 aromatic rings. The van der Waals surface area contributed by atoms with Crippen LogP contribution in [0.15, 0.2) is 36.7 Å². The van der Waals surface area contributed by atoms with Gasteiger partial charge in [-0.2, -0.15) is 0 Å². The quantitative estimate of drug-likeness (QED) is 0.718. The largest absolute Gasteiger partial charge is 0.573 e. The van der Waals surface area contributed by atoms with Gasteiger partial charge < -0.3 is 19.4 Å². The van der Waals surface area contributed by atoms with E-state index in [0.717, 1.165) is 5.56 Å². The number of fused-ring (bicyclic) bond motifs is 1. The Labute approximate surface area is 164 Å². The molecule has 152 valence electrons.